The molecule has 0 fully saturated rings. The van der Waals surface area contributed by atoms with E-state index in [1.54, 1.807) is 48.1 Å². The van der Waals surface area contributed by atoms with Gasteiger partial charge in [0.25, 0.3) is 5.91 Å². The van der Waals surface area contributed by atoms with Crippen LogP contribution in [0.3, 0.4) is 0 Å². The van der Waals surface area contributed by atoms with Crippen molar-refractivity contribution >= 4 is 5.91 Å². The fraction of sp³-hybridized carbons (Fsp3) is 0.238. The SMILES string of the molecule is CCOc1cc(C(=O)N(C)Cc2cnn(-c3ccccc3)c2)ccc1OC. The first kappa shape index (κ1) is 18.5. The highest BCUT2D eigenvalue weighted by Gasteiger charge is 2.16. The molecule has 0 atom stereocenters. The number of hydrogen-bond donors (Lipinski definition) is 0. The number of carbonyl (C=O) groups is 1. The van der Waals surface area contributed by atoms with Crippen molar-refractivity contribution in [3.05, 3.63) is 72.1 Å². The van der Waals surface area contributed by atoms with Crippen LogP contribution < -0.4 is 9.47 Å². The van der Waals surface area contributed by atoms with Crippen LogP contribution in [0.1, 0.15) is 22.8 Å². The molecule has 27 heavy (non-hydrogen) atoms. The molecule has 0 N–H and O–H groups in total. The Bertz CT molecular complexity index is 906. The lowest BCUT2D eigenvalue weighted by Gasteiger charge is -2.17. The molecule has 3 aromatic rings. The molecule has 6 heteroatoms. The molecule has 0 aliphatic heterocycles. The van der Waals surface area contributed by atoms with Gasteiger partial charge < -0.3 is 14.4 Å². The van der Waals surface area contributed by atoms with Crippen LogP contribution in [-0.2, 0) is 6.54 Å². The minimum Gasteiger partial charge on any atom is -0.493 e. The van der Waals surface area contributed by atoms with Crippen LogP contribution in [0, 0.1) is 0 Å². The molecule has 2 aromatic carbocycles. The Hall–Kier alpha value is -3.28. The molecule has 140 valence electrons. The molecule has 1 heterocycles. The second-order valence-corrected chi connectivity index (χ2v) is 6.09. The maximum Gasteiger partial charge on any atom is 0.254 e. The molecular weight excluding hydrogens is 342 g/mol. The van der Waals surface area contributed by atoms with Gasteiger partial charge in [0.1, 0.15) is 0 Å². The number of nitrogens with zero attached hydrogens (tertiary/aromatic N) is 3. The number of carbonyl (C=O) groups excluding carboxylic acids is 1. The van der Waals surface area contributed by atoms with Crippen LogP contribution in [0.5, 0.6) is 11.5 Å². The predicted molar refractivity (Wildman–Crippen MR) is 104 cm³/mol. The Kier molecular flexibility index (Phi) is 5.76. The topological polar surface area (TPSA) is 56.6 Å². The lowest BCUT2D eigenvalue weighted by atomic mass is 10.1. The molecule has 0 aliphatic carbocycles. The lowest BCUT2D eigenvalue weighted by molar-refractivity contribution is 0.0784. The van der Waals surface area contributed by atoms with E-state index >= 15 is 0 Å². The largest absolute Gasteiger partial charge is 0.493 e. The maximum absolute atomic E-state index is 12.8. The summed E-state index contributed by atoms with van der Waals surface area (Å²) in [7, 11) is 3.35. The Morgan fingerprint density at radius 1 is 1.15 bits per heavy atom. The van der Waals surface area contributed by atoms with Crippen LogP contribution in [0.15, 0.2) is 60.9 Å². The predicted octanol–water partition coefficient (Wildman–Crippen LogP) is 3.55. The standard InChI is InChI=1S/C21H23N3O3/c1-4-27-20-12-17(10-11-19(20)26-3)21(25)23(2)14-16-13-22-24(15-16)18-8-6-5-7-9-18/h5-13,15H,4,14H2,1-3H3. The lowest BCUT2D eigenvalue weighted by Crippen LogP contribution is -2.26. The molecule has 3 rings (SSSR count). The molecule has 0 spiro atoms. The average molecular weight is 365 g/mol. The summed E-state index contributed by atoms with van der Waals surface area (Å²) in [6.45, 7) is 2.86. The molecule has 6 nitrogen and oxygen atoms in total. The Labute approximate surface area is 158 Å². The minimum absolute atomic E-state index is 0.0916. The quantitative estimate of drug-likeness (QED) is 0.642. The molecular formula is C21H23N3O3. The van der Waals surface area contributed by atoms with E-state index in [4.69, 9.17) is 9.47 Å². The van der Waals surface area contributed by atoms with Crippen molar-refractivity contribution in [2.45, 2.75) is 13.5 Å². The summed E-state index contributed by atoms with van der Waals surface area (Å²) < 4.78 is 12.6. The van der Waals surface area contributed by atoms with Gasteiger partial charge in [0.15, 0.2) is 11.5 Å². The van der Waals surface area contributed by atoms with Crippen molar-refractivity contribution in [1.29, 1.82) is 0 Å². The van der Waals surface area contributed by atoms with Crippen molar-refractivity contribution in [3.8, 4) is 17.2 Å². The van der Waals surface area contributed by atoms with Gasteiger partial charge in [-0.1, -0.05) is 18.2 Å². The van der Waals surface area contributed by atoms with Crippen LogP contribution in [0.2, 0.25) is 0 Å². The van der Waals surface area contributed by atoms with Crippen LogP contribution >= 0.6 is 0 Å². The monoisotopic (exact) mass is 365 g/mol. The molecule has 0 aliphatic rings. The summed E-state index contributed by atoms with van der Waals surface area (Å²) in [4.78, 5) is 14.4. The van der Waals surface area contributed by atoms with Gasteiger partial charge >= 0.3 is 0 Å². The minimum atomic E-state index is -0.0916. The smallest absolute Gasteiger partial charge is 0.254 e. The number of rotatable bonds is 7. The van der Waals surface area contributed by atoms with E-state index in [-0.39, 0.29) is 5.91 Å². The van der Waals surface area contributed by atoms with Gasteiger partial charge in [-0.25, -0.2) is 4.68 Å². The molecule has 0 bridgehead atoms. The Balaban J connectivity index is 1.73. The summed E-state index contributed by atoms with van der Waals surface area (Å²) >= 11 is 0. The Morgan fingerprint density at radius 2 is 1.93 bits per heavy atom. The number of amides is 1. The number of hydrogen-bond acceptors (Lipinski definition) is 4. The number of aromatic nitrogens is 2. The first-order chi connectivity index (χ1) is 13.1. The summed E-state index contributed by atoms with van der Waals surface area (Å²) in [6.07, 6.45) is 3.70. The highest BCUT2D eigenvalue weighted by Crippen LogP contribution is 2.28. The third-order valence-corrected chi connectivity index (χ3v) is 4.13. The summed E-state index contributed by atoms with van der Waals surface area (Å²) in [5.74, 6) is 1.09. The molecule has 1 aromatic heterocycles. The van der Waals surface area contributed by atoms with Crippen molar-refractivity contribution in [2.24, 2.45) is 0 Å². The summed E-state index contributed by atoms with van der Waals surface area (Å²) in [5, 5.41) is 4.37. The fourth-order valence-corrected chi connectivity index (χ4v) is 2.81. The average Bonchev–Trinajstić information content (AvgIpc) is 3.16. The highest BCUT2D eigenvalue weighted by atomic mass is 16.5. The zero-order valence-corrected chi connectivity index (χ0v) is 15.8. The highest BCUT2D eigenvalue weighted by molar-refractivity contribution is 5.94. The number of methoxy groups -OCH3 is 1. The first-order valence-corrected chi connectivity index (χ1v) is 8.77. The zero-order valence-electron chi connectivity index (χ0n) is 15.8. The van der Waals surface area contributed by atoms with Gasteiger partial charge in [-0.3, -0.25) is 4.79 Å². The van der Waals surface area contributed by atoms with Gasteiger partial charge in [-0.2, -0.15) is 5.10 Å². The molecule has 0 radical (unpaired) electrons. The van der Waals surface area contributed by atoms with Gasteiger partial charge in [0.2, 0.25) is 0 Å². The van der Waals surface area contributed by atoms with E-state index in [1.807, 2.05) is 43.5 Å². The molecule has 1 amide bonds. The third-order valence-electron chi connectivity index (χ3n) is 4.13. The zero-order chi connectivity index (χ0) is 19.2. The van der Waals surface area contributed by atoms with Crippen LogP contribution in [0.4, 0.5) is 0 Å². The van der Waals surface area contributed by atoms with Crippen molar-refractivity contribution in [2.75, 3.05) is 20.8 Å². The summed E-state index contributed by atoms with van der Waals surface area (Å²) in [6, 6.07) is 15.1. The van der Waals surface area contributed by atoms with Crippen LogP contribution in [-0.4, -0.2) is 41.4 Å². The number of para-hydroxylation sites is 1. The van der Waals surface area contributed by atoms with E-state index in [0.29, 0.717) is 30.2 Å². The van der Waals surface area contributed by atoms with Crippen molar-refractivity contribution in [3.63, 3.8) is 0 Å². The summed E-state index contributed by atoms with van der Waals surface area (Å²) in [5.41, 5.74) is 2.49. The van der Waals surface area contributed by atoms with E-state index < -0.39 is 0 Å². The van der Waals surface area contributed by atoms with Gasteiger partial charge in [-0.05, 0) is 37.3 Å². The normalized spacial score (nSPS) is 10.5. The first-order valence-electron chi connectivity index (χ1n) is 8.77. The maximum atomic E-state index is 12.8. The number of ether oxygens (including phenoxy) is 2. The van der Waals surface area contributed by atoms with Crippen molar-refractivity contribution < 1.29 is 14.3 Å². The van der Waals surface area contributed by atoms with E-state index in [1.165, 1.54) is 0 Å². The van der Waals surface area contributed by atoms with Crippen LogP contribution in [0.25, 0.3) is 5.69 Å². The van der Waals surface area contributed by atoms with E-state index in [0.717, 1.165) is 11.3 Å². The number of benzene rings is 2. The second-order valence-electron chi connectivity index (χ2n) is 6.09. The molecule has 0 saturated heterocycles. The van der Waals surface area contributed by atoms with Gasteiger partial charge in [0, 0.05) is 30.9 Å². The van der Waals surface area contributed by atoms with Crippen molar-refractivity contribution in [1.82, 2.24) is 14.7 Å². The second kappa shape index (κ2) is 8.40. The molecule has 0 unspecified atom stereocenters. The van der Waals surface area contributed by atoms with Gasteiger partial charge in [-0.15, -0.1) is 0 Å². The van der Waals surface area contributed by atoms with Gasteiger partial charge in [0.05, 0.1) is 25.6 Å². The third kappa shape index (κ3) is 4.28. The molecule has 0 saturated carbocycles. The van der Waals surface area contributed by atoms with E-state index in [9.17, 15) is 4.79 Å². The Morgan fingerprint density at radius 3 is 2.63 bits per heavy atom. The fourth-order valence-electron chi connectivity index (χ4n) is 2.81. The van der Waals surface area contributed by atoms with E-state index in [2.05, 4.69) is 5.10 Å².